The molecule has 0 saturated heterocycles. The Hall–Kier alpha value is -2.60. The molecule has 0 spiro atoms. The summed E-state index contributed by atoms with van der Waals surface area (Å²) in [7, 11) is 0. The second-order valence-electron chi connectivity index (χ2n) is 5.54. The molecule has 2 heterocycles. The molecule has 1 amide bonds. The van der Waals surface area contributed by atoms with Gasteiger partial charge in [0.2, 0.25) is 5.91 Å². The summed E-state index contributed by atoms with van der Waals surface area (Å²) >= 11 is 6.15. The Balaban J connectivity index is 1.53. The molecule has 124 valence electrons. The minimum Gasteiger partial charge on any atom is -0.323 e. The molecule has 0 aliphatic heterocycles. The number of carbonyl (C=O) groups is 1. The molecular weight excluding hydrogens is 326 g/mol. The lowest BCUT2D eigenvalue weighted by Gasteiger charge is -2.04. The summed E-state index contributed by atoms with van der Waals surface area (Å²) in [6, 6.07) is 9.54. The van der Waals surface area contributed by atoms with Crippen LogP contribution >= 0.6 is 11.6 Å². The van der Waals surface area contributed by atoms with E-state index in [9.17, 15) is 4.79 Å². The zero-order valence-corrected chi connectivity index (χ0v) is 14.1. The molecule has 6 nitrogen and oxygen atoms in total. The van der Waals surface area contributed by atoms with E-state index >= 15 is 0 Å². The number of halogens is 1. The van der Waals surface area contributed by atoms with Gasteiger partial charge in [-0.3, -0.25) is 14.2 Å². The molecule has 3 rings (SSSR count). The molecule has 24 heavy (non-hydrogen) atoms. The first-order chi connectivity index (χ1) is 11.6. The van der Waals surface area contributed by atoms with Crippen molar-refractivity contribution >= 4 is 23.2 Å². The molecule has 0 aliphatic carbocycles. The van der Waals surface area contributed by atoms with Gasteiger partial charge in [0.25, 0.3) is 0 Å². The van der Waals surface area contributed by atoms with Crippen molar-refractivity contribution < 1.29 is 4.79 Å². The fourth-order valence-electron chi connectivity index (χ4n) is 2.34. The van der Waals surface area contributed by atoms with Crippen molar-refractivity contribution in [1.82, 2.24) is 19.6 Å². The summed E-state index contributed by atoms with van der Waals surface area (Å²) < 4.78 is 3.50. The molecule has 7 heteroatoms. The maximum atomic E-state index is 12.0. The van der Waals surface area contributed by atoms with Gasteiger partial charge in [-0.05, 0) is 24.6 Å². The fraction of sp³-hybridized carbons (Fsp3) is 0.235. The van der Waals surface area contributed by atoms with E-state index in [2.05, 4.69) is 15.5 Å². The molecule has 0 radical (unpaired) electrons. The summed E-state index contributed by atoms with van der Waals surface area (Å²) in [6.07, 6.45) is 5.65. The average Bonchev–Trinajstić information content (AvgIpc) is 3.17. The number of amides is 1. The van der Waals surface area contributed by atoms with Crippen LogP contribution in [0.3, 0.4) is 0 Å². The normalized spacial score (nSPS) is 10.8. The van der Waals surface area contributed by atoms with Crippen molar-refractivity contribution in [2.75, 3.05) is 5.32 Å². The zero-order chi connectivity index (χ0) is 16.9. The minimum atomic E-state index is -0.0690. The minimum absolute atomic E-state index is 0.0690. The lowest BCUT2D eigenvalue weighted by Crippen LogP contribution is -2.14. The lowest BCUT2D eigenvalue weighted by molar-refractivity contribution is -0.116. The van der Waals surface area contributed by atoms with Crippen LogP contribution in [0.15, 0.2) is 48.9 Å². The van der Waals surface area contributed by atoms with E-state index in [0.717, 1.165) is 11.3 Å². The summed E-state index contributed by atoms with van der Waals surface area (Å²) in [5.74, 6) is -0.0690. The Morgan fingerprint density at radius 3 is 2.83 bits per heavy atom. The number of carbonyl (C=O) groups excluding carboxylic acids is 1. The molecule has 0 atom stereocenters. The predicted octanol–water partition coefficient (Wildman–Crippen LogP) is 3.12. The number of aromatic nitrogens is 4. The summed E-state index contributed by atoms with van der Waals surface area (Å²) in [4.78, 5) is 12.0. The second-order valence-corrected chi connectivity index (χ2v) is 5.94. The first-order valence-corrected chi connectivity index (χ1v) is 8.04. The molecule has 3 aromatic rings. The van der Waals surface area contributed by atoms with Crippen molar-refractivity contribution in [1.29, 1.82) is 0 Å². The van der Waals surface area contributed by atoms with Crippen molar-refractivity contribution in [2.45, 2.75) is 26.4 Å². The van der Waals surface area contributed by atoms with Gasteiger partial charge in [-0.15, -0.1) is 0 Å². The highest BCUT2D eigenvalue weighted by molar-refractivity contribution is 6.31. The Kier molecular flexibility index (Phi) is 4.96. The van der Waals surface area contributed by atoms with Crippen LogP contribution in [0, 0.1) is 6.92 Å². The van der Waals surface area contributed by atoms with Gasteiger partial charge in [0.15, 0.2) is 0 Å². The van der Waals surface area contributed by atoms with Gasteiger partial charge >= 0.3 is 0 Å². The maximum absolute atomic E-state index is 12.0. The summed E-state index contributed by atoms with van der Waals surface area (Å²) in [5, 5.41) is 12.1. The van der Waals surface area contributed by atoms with Gasteiger partial charge in [0, 0.05) is 30.4 Å². The van der Waals surface area contributed by atoms with Gasteiger partial charge in [-0.2, -0.15) is 10.2 Å². The van der Waals surface area contributed by atoms with Crippen LogP contribution in [-0.4, -0.2) is 25.5 Å². The van der Waals surface area contributed by atoms with Crippen LogP contribution in [-0.2, 0) is 17.9 Å². The van der Waals surface area contributed by atoms with Gasteiger partial charge < -0.3 is 5.32 Å². The van der Waals surface area contributed by atoms with E-state index in [1.54, 1.807) is 21.8 Å². The first-order valence-electron chi connectivity index (χ1n) is 7.66. The van der Waals surface area contributed by atoms with E-state index in [1.165, 1.54) is 0 Å². The number of aryl methyl sites for hydroxylation is 2. The number of anilines is 1. The molecule has 0 unspecified atom stereocenters. The van der Waals surface area contributed by atoms with Crippen molar-refractivity contribution in [3.05, 3.63) is 65.2 Å². The van der Waals surface area contributed by atoms with Crippen LogP contribution in [0.5, 0.6) is 0 Å². The van der Waals surface area contributed by atoms with E-state index in [0.29, 0.717) is 30.2 Å². The SMILES string of the molecule is Cc1ccn(CCC(=O)Nc2cnn(Cc3ccccc3Cl)c2)n1. The third-order valence-corrected chi connectivity index (χ3v) is 3.92. The molecule has 2 aromatic heterocycles. The van der Waals surface area contributed by atoms with Gasteiger partial charge in [-0.1, -0.05) is 29.8 Å². The standard InChI is InChI=1S/C17H18ClN5O/c1-13-6-8-22(21-13)9-7-17(24)20-15-10-19-23(12-15)11-14-4-2-3-5-16(14)18/h2-6,8,10,12H,7,9,11H2,1H3,(H,20,24). The van der Waals surface area contributed by atoms with Crippen LogP contribution < -0.4 is 5.32 Å². The molecule has 1 aromatic carbocycles. The maximum Gasteiger partial charge on any atom is 0.226 e. The number of benzene rings is 1. The highest BCUT2D eigenvalue weighted by atomic mass is 35.5. The van der Waals surface area contributed by atoms with Crippen LogP contribution in [0.4, 0.5) is 5.69 Å². The van der Waals surface area contributed by atoms with E-state index < -0.39 is 0 Å². The Bertz CT molecular complexity index is 839. The number of rotatable bonds is 6. The highest BCUT2D eigenvalue weighted by Gasteiger charge is 2.07. The average molecular weight is 344 g/mol. The van der Waals surface area contributed by atoms with Gasteiger partial charge in [-0.25, -0.2) is 0 Å². The number of nitrogens with one attached hydrogen (secondary N) is 1. The third-order valence-electron chi connectivity index (χ3n) is 3.55. The van der Waals surface area contributed by atoms with E-state index in [4.69, 9.17) is 11.6 Å². The van der Waals surface area contributed by atoms with Crippen LogP contribution in [0.1, 0.15) is 17.7 Å². The van der Waals surface area contributed by atoms with Crippen molar-refractivity contribution in [3.63, 3.8) is 0 Å². The number of hydrogen-bond donors (Lipinski definition) is 1. The molecule has 0 saturated carbocycles. The summed E-state index contributed by atoms with van der Waals surface area (Å²) in [5.41, 5.74) is 2.59. The lowest BCUT2D eigenvalue weighted by atomic mass is 10.2. The first kappa shape index (κ1) is 16.3. The Morgan fingerprint density at radius 2 is 2.08 bits per heavy atom. The Morgan fingerprint density at radius 1 is 1.25 bits per heavy atom. The summed E-state index contributed by atoms with van der Waals surface area (Å²) in [6.45, 7) is 3.03. The largest absolute Gasteiger partial charge is 0.323 e. The fourth-order valence-corrected chi connectivity index (χ4v) is 2.54. The predicted molar refractivity (Wildman–Crippen MR) is 93.0 cm³/mol. The van der Waals surface area contributed by atoms with E-state index in [1.807, 2.05) is 43.5 Å². The molecule has 0 aliphatic rings. The van der Waals surface area contributed by atoms with Crippen molar-refractivity contribution in [3.8, 4) is 0 Å². The van der Waals surface area contributed by atoms with Gasteiger partial charge in [0.1, 0.15) is 0 Å². The molecular formula is C17H18ClN5O. The smallest absolute Gasteiger partial charge is 0.226 e. The van der Waals surface area contributed by atoms with Crippen molar-refractivity contribution in [2.24, 2.45) is 0 Å². The van der Waals surface area contributed by atoms with Crippen LogP contribution in [0.2, 0.25) is 5.02 Å². The van der Waals surface area contributed by atoms with E-state index in [-0.39, 0.29) is 5.91 Å². The molecule has 0 bridgehead atoms. The monoisotopic (exact) mass is 343 g/mol. The quantitative estimate of drug-likeness (QED) is 0.748. The van der Waals surface area contributed by atoms with Gasteiger partial charge in [0.05, 0.1) is 24.1 Å². The topological polar surface area (TPSA) is 64.7 Å². The third kappa shape index (κ3) is 4.23. The number of nitrogens with zero attached hydrogens (tertiary/aromatic N) is 4. The molecule has 1 N–H and O–H groups in total. The van der Waals surface area contributed by atoms with Crippen LogP contribution in [0.25, 0.3) is 0 Å². The Labute approximate surface area is 145 Å². The number of hydrogen-bond acceptors (Lipinski definition) is 3. The highest BCUT2D eigenvalue weighted by Crippen LogP contribution is 2.16. The molecule has 0 fully saturated rings. The zero-order valence-electron chi connectivity index (χ0n) is 13.3. The second kappa shape index (κ2) is 7.31.